The van der Waals surface area contributed by atoms with Gasteiger partial charge in [-0.2, -0.15) is 0 Å². The zero-order valence-electron chi connectivity index (χ0n) is 10.8. The minimum atomic E-state index is -0.397. The summed E-state index contributed by atoms with van der Waals surface area (Å²) in [5.74, 6) is -0.458. The highest BCUT2D eigenvalue weighted by Crippen LogP contribution is 2.30. The van der Waals surface area contributed by atoms with Gasteiger partial charge in [-0.3, -0.25) is 9.59 Å². The van der Waals surface area contributed by atoms with Gasteiger partial charge in [-0.1, -0.05) is 30.3 Å². The summed E-state index contributed by atoms with van der Waals surface area (Å²) in [5.41, 5.74) is 11.9. The van der Waals surface area contributed by atoms with Crippen molar-refractivity contribution in [2.24, 2.45) is 17.4 Å². The van der Waals surface area contributed by atoms with Crippen LogP contribution >= 0.6 is 0 Å². The second-order valence-corrected chi connectivity index (χ2v) is 4.97. The van der Waals surface area contributed by atoms with Crippen LogP contribution in [0.4, 0.5) is 0 Å². The highest BCUT2D eigenvalue weighted by molar-refractivity contribution is 5.83. The summed E-state index contributed by atoms with van der Waals surface area (Å²) in [7, 11) is 0. The van der Waals surface area contributed by atoms with E-state index in [1.54, 1.807) is 4.90 Å². The van der Waals surface area contributed by atoms with Crippen molar-refractivity contribution in [2.45, 2.75) is 25.4 Å². The molecule has 1 fully saturated rings. The normalized spacial score (nSPS) is 20.9. The van der Waals surface area contributed by atoms with E-state index < -0.39 is 5.91 Å². The molecule has 4 N–H and O–H groups in total. The fourth-order valence-corrected chi connectivity index (χ4v) is 2.05. The van der Waals surface area contributed by atoms with E-state index in [0.717, 1.165) is 12.0 Å². The molecule has 0 spiro atoms. The maximum absolute atomic E-state index is 12.2. The summed E-state index contributed by atoms with van der Waals surface area (Å²) in [6.45, 7) is 0.850. The van der Waals surface area contributed by atoms with Gasteiger partial charge in [-0.05, 0) is 12.0 Å². The lowest BCUT2D eigenvalue weighted by Crippen LogP contribution is -2.35. The molecule has 1 saturated carbocycles. The molecule has 0 saturated heterocycles. The molecule has 2 amide bonds. The first kappa shape index (κ1) is 13.5. The van der Waals surface area contributed by atoms with Gasteiger partial charge < -0.3 is 16.4 Å². The van der Waals surface area contributed by atoms with Crippen molar-refractivity contribution in [3.05, 3.63) is 35.9 Å². The van der Waals surface area contributed by atoms with Gasteiger partial charge in [-0.25, -0.2) is 0 Å². The molecule has 102 valence electrons. The molecule has 0 bridgehead atoms. The van der Waals surface area contributed by atoms with Crippen molar-refractivity contribution in [1.82, 2.24) is 4.90 Å². The van der Waals surface area contributed by atoms with Crippen LogP contribution in [0, 0.1) is 5.92 Å². The van der Waals surface area contributed by atoms with Crippen LogP contribution in [0.5, 0.6) is 0 Å². The van der Waals surface area contributed by atoms with Gasteiger partial charge in [0.2, 0.25) is 11.8 Å². The number of nitrogens with zero attached hydrogens (tertiary/aromatic N) is 1. The van der Waals surface area contributed by atoms with Gasteiger partial charge >= 0.3 is 0 Å². The quantitative estimate of drug-likeness (QED) is 0.768. The molecule has 1 aromatic rings. The molecule has 5 heteroatoms. The van der Waals surface area contributed by atoms with E-state index in [4.69, 9.17) is 11.5 Å². The largest absolute Gasteiger partial charge is 0.370 e. The summed E-state index contributed by atoms with van der Waals surface area (Å²) in [6.07, 6.45) is 0.918. The zero-order chi connectivity index (χ0) is 13.8. The molecular formula is C14H19N3O2. The number of amides is 2. The van der Waals surface area contributed by atoms with E-state index in [9.17, 15) is 9.59 Å². The average molecular weight is 261 g/mol. The Bertz CT molecular complexity index is 461. The second kappa shape index (κ2) is 5.84. The fraction of sp³-hybridized carbons (Fsp3) is 0.429. The van der Waals surface area contributed by atoms with Gasteiger partial charge in [0.05, 0.1) is 5.92 Å². The third-order valence-electron chi connectivity index (χ3n) is 3.31. The molecule has 0 aromatic heterocycles. The van der Waals surface area contributed by atoms with Gasteiger partial charge in [0, 0.05) is 25.6 Å². The van der Waals surface area contributed by atoms with E-state index in [2.05, 4.69) is 0 Å². The van der Waals surface area contributed by atoms with Crippen LogP contribution in [-0.2, 0) is 16.1 Å². The highest BCUT2D eigenvalue weighted by Gasteiger charge is 2.42. The molecule has 2 atom stereocenters. The Hall–Kier alpha value is -1.88. The third kappa shape index (κ3) is 3.79. The predicted molar refractivity (Wildman–Crippen MR) is 71.8 cm³/mol. The summed E-state index contributed by atoms with van der Waals surface area (Å²) >= 11 is 0. The van der Waals surface area contributed by atoms with Gasteiger partial charge in [0.25, 0.3) is 0 Å². The van der Waals surface area contributed by atoms with Crippen molar-refractivity contribution in [3.8, 4) is 0 Å². The SMILES string of the molecule is NC(=O)CCN(Cc1ccccc1)C(=O)C1CC1N. The van der Waals surface area contributed by atoms with Gasteiger partial charge in [-0.15, -0.1) is 0 Å². The van der Waals surface area contributed by atoms with Crippen LogP contribution in [-0.4, -0.2) is 29.3 Å². The smallest absolute Gasteiger partial charge is 0.227 e. The number of rotatable bonds is 6. The van der Waals surface area contributed by atoms with E-state index >= 15 is 0 Å². The fourth-order valence-electron chi connectivity index (χ4n) is 2.05. The molecule has 0 heterocycles. The standard InChI is InChI=1S/C14H19N3O2/c15-12-8-11(12)14(19)17(7-6-13(16)18)9-10-4-2-1-3-5-10/h1-5,11-12H,6-9,15H2,(H2,16,18). The lowest BCUT2D eigenvalue weighted by atomic mass is 10.2. The van der Waals surface area contributed by atoms with Crippen molar-refractivity contribution in [2.75, 3.05) is 6.54 Å². The Morgan fingerprint density at radius 3 is 2.42 bits per heavy atom. The lowest BCUT2D eigenvalue weighted by molar-refractivity contribution is -0.133. The Morgan fingerprint density at radius 1 is 1.26 bits per heavy atom. The van der Waals surface area contributed by atoms with Crippen molar-refractivity contribution in [3.63, 3.8) is 0 Å². The number of primary amides is 1. The molecule has 0 radical (unpaired) electrons. The monoisotopic (exact) mass is 261 g/mol. The lowest BCUT2D eigenvalue weighted by Gasteiger charge is -2.22. The number of carbonyl (C=O) groups is 2. The predicted octanol–water partition coefficient (Wildman–Crippen LogP) is 0.238. The first-order chi connectivity index (χ1) is 9.08. The first-order valence-corrected chi connectivity index (χ1v) is 6.44. The zero-order valence-corrected chi connectivity index (χ0v) is 10.8. The number of carbonyl (C=O) groups excluding carboxylic acids is 2. The number of hydrogen-bond donors (Lipinski definition) is 2. The van der Waals surface area contributed by atoms with Crippen LogP contribution < -0.4 is 11.5 Å². The minimum Gasteiger partial charge on any atom is -0.370 e. The van der Waals surface area contributed by atoms with Crippen LogP contribution in [0.1, 0.15) is 18.4 Å². The summed E-state index contributed by atoms with van der Waals surface area (Å²) in [5, 5.41) is 0. The number of nitrogens with two attached hydrogens (primary N) is 2. The van der Waals surface area contributed by atoms with Crippen LogP contribution in [0.25, 0.3) is 0 Å². The van der Waals surface area contributed by atoms with E-state index in [-0.39, 0.29) is 24.3 Å². The van der Waals surface area contributed by atoms with Crippen LogP contribution in [0.2, 0.25) is 0 Å². The van der Waals surface area contributed by atoms with Crippen molar-refractivity contribution >= 4 is 11.8 Å². The second-order valence-electron chi connectivity index (χ2n) is 4.97. The third-order valence-corrected chi connectivity index (χ3v) is 3.31. The molecule has 1 aliphatic rings. The molecular weight excluding hydrogens is 242 g/mol. The van der Waals surface area contributed by atoms with E-state index in [1.165, 1.54) is 0 Å². The van der Waals surface area contributed by atoms with Crippen molar-refractivity contribution in [1.29, 1.82) is 0 Å². The Balaban J connectivity index is 2.01. The summed E-state index contributed by atoms with van der Waals surface area (Å²) in [4.78, 5) is 24.8. The van der Waals surface area contributed by atoms with Crippen LogP contribution in [0.15, 0.2) is 30.3 Å². The Kier molecular flexibility index (Phi) is 4.16. The topological polar surface area (TPSA) is 89.4 Å². The number of benzene rings is 1. The summed E-state index contributed by atoms with van der Waals surface area (Å²) in [6, 6.07) is 9.66. The Labute approximate surface area is 112 Å². The molecule has 5 nitrogen and oxygen atoms in total. The average Bonchev–Trinajstić information content (AvgIpc) is 3.12. The number of hydrogen-bond acceptors (Lipinski definition) is 3. The van der Waals surface area contributed by atoms with Crippen molar-refractivity contribution < 1.29 is 9.59 Å². The molecule has 1 aromatic carbocycles. The summed E-state index contributed by atoms with van der Waals surface area (Å²) < 4.78 is 0. The maximum Gasteiger partial charge on any atom is 0.227 e. The molecule has 1 aliphatic carbocycles. The minimum absolute atomic E-state index is 0.0256. The maximum atomic E-state index is 12.2. The van der Waals surface area contributed by atoms with Gasteiger partial charge in [0.15, 0.2) is 0 Å². The van der Waals surface area contributed by atoms with E-state index in [0.29, 0.717) is 13.1 Å². The molecule has 2 rings (SSSR count). The first-order valence-electron chi connectivity index (χ1n) is 6.44. The molecule has 2 unspecified atom stereocenters. The molecule has 19 heavy (non-hydrogen) atoms. The van der Waals surface area contributed by atoms with Crippen LogP contribution in [0.3, 0.4) is 0 Å². The highest BCUT2D eigenvalue weighted by atomic mass is 16.2. The van der Waals surface area contributed by atoms with E-state index in [1.807, 2.05) is 30.3 Å². The van der Waals surface area contributed by atoms with Gasteiger partial charge in [0.1, 0.15) is 0 Å². The molecule has 0 aliphatic heterocycles. The Morgan fingerprint density at radius 2 is 1.89 bits per heavy atom.